The van der Waals surface area contributed by atoms with E-state index in [2.05, 4.69) is 114 Å². The highest BCUT2D eigenvalue weighted by Gasteiger charge is 2.50. The first-order chi connectivity index (χ1) is 20.5. The predicted molar refractivity (Wildman–Crippen MR) is 180 cm³/mol. The lowest BCUT2D eigenvalue weighted by molar-refractivity contribution is -0.0886. The van der Waals surface area contributed by atoms with Gasteiger partial charge in [0.2, 0.25) is 0 Å². The van der Waals surface area contributed by atoms with Crippen LogP contribution >= 0.6 is 0 Å². The number of aromatic amines is 1. The molecule has 2 fully saturated rings. The van der Waals surface area contributed by atoms with E-state index in [0.717, 1.165) is 41.9 Å². The minimum absolute atomic E-state index is 0.0937. The number of rotatable bonds is 5. The molecule has 1 atom stereocenters. The molecule has 2 saturated heterocycles. The second kappa shape index (κ2) is 13.0. The summed E-state index contributed by atoms with van der Waals surface area (Å²) in [6.07, 6.45) is 8.48. The summed E-state index contributed by atoms with van der Waals surface area (Å²) < 4.78 is 25.9. The monoisotopic (exact) mass is 604 g/mol. The van der Waals surface area contributed by atoms with Crippen LogP contribution in [0.4, 0.5) is 0 Å². The number of hydrogen-bond acceptors (Lipinski definition) is 6. The fourth-order valence-electron chi connectivity index (χ4n) is 5.36. The molecule has 4 aromatic heterocycles. The smallest absolute Gasteiger partial charge is 0.186 e. The molecule has 1 unspecified atom stereocenters. The number of nitrogens with zero attached hydrogens (tertiary/aromatic N) is 3. The second-order valence-corrected chi connectivity index (χ2v) is 14.8. The van der Waals surface area contributed by atoms with E-state index in [1.165, 1.54) is 10.9 Å². The van der Waals surface area contributed by atoms with Gasteiger partial charge >= 0.3 is 0 Å². The fourth-order valence-corrected chi connectivity index (χ4v) is 5.36. The van der Waals surface area contributed by atoms with Crippen LogP contribution in [0.15, 0.2) is 49.1 Å². The van der Waals surface area contributed by atoms with Crippen LogP contribution in [-0.4, -0.2) is 56.8 Å². The summed E-state index contributed by atoms with van der Waals surface area (Å²) in [7, 11) is 1.70. The van der Waals surface area contributed by atoms with Gasteiger partial charge in [-0.25, -0.2) is 9.97 Å². The van der Waals surface area contributed by atoms with E-state index in [1.807, 2.05) is 30.9 Å². The van der Waals surface area contributed by atoms with Crippen molar-refractivity contribution in [2.24, 2.45) is 5.41 Å². The van der Waals surface area contributed by atoms with Crippen LogP contribution in [0.25, 0.3) is 22.1 Å². The summed E-state index contributed by atoms with van der Waals surface area (Å²) in [5.74, 6) is 0. The molecule has 6 heterocycles. The van der Waals surface area contributed by atoms with Crippen molar-refractivity contribution in [1.29, 1.82) is 0 Å². The zero-order valence-electron chi connectivity index (χ0n) is 28.9. The SMILES string of the molecule is CB(C)C.CC1(C)CC(c2ccnc3[nH]ccc23)OC1(C)C.COCCn1ccc2c(C3OC(C)(C)C(C)(C)O3)ccnc21. The molecule has 1 N–H and O–H groups in total. The molecule has 0 radical (unpaired) electrons. The summed E-state index contributed by atoms with van der Waals surface area (Å²) in [4.78, 5) is 12.0. The normalized spacial score (nSPS) is 21.5. The Morgan fingerprint density at radius 1 is 0.841 bits per heavy atom. The van der Waals surface area contributed by atoms with Gasteiger partial charge in [-0.05, 0) is 83.2 Å². The first kappa shape index (κ1) is 34.2. The molecule has 2 aliphatic heterocycles. The van der Waals surface area contributed by atoms with Crippen molar-refractivity contribution in [2.75, 3.05) is 13.7 Å². The largest absolute Gasteiger partial charge is 0.383 e. The van der Waals surface area contributed by atoms with Crippen molar-refractivity contribution in [1.82, 2.24) is 19.5 Å². The Balaban J connectivity index is 0.000000182. The van der Waals surface area contributed by atoms with Gasteiger partial charge in [-0.2, -0.15) is 0 Å². The van der Waals surface area contributed by atoms with Gasteiger partial charge < -0.3 is 28.5 Å². The predicted octanol–water partition coefficient (Wildman–Crippen LogP) is 8.49. The van der Waals surface area contributed by atoms with Crippen molar-refractivity contribution < 1.29 is 18.9 Å². The van der Waals surface area contributed by atoms with E-state index in [-0.39, 0.29) is 34.6 Å². The molecule has 44 heavy (non-hydrogen) atoms. The van der Waals surface area contributed by atoms with Gasteiger partial charge in [0, 0.05) is 54.8 Å². The van der Waals surface area contributed by atoms with Gasteiger partial charge in [-0.15, -0.1) is 0 Å². The summed E-state index contributed by atoms with van der Waals surface area (Å²) >= 11 is 0. The molecule has 4 aromatic rings. The van der Waals surface area contributed by atoms with Crippen LogP contribution < -0.4 is 0 Å². The summed E-state index contributed by atoms with van der Waals surface area (Å²) in [5, 5.41) is 2.24. The topological polar surface area (TPSA) is 83.4 Å². The number of H-pyrrole nitrogens is 1. The van der Waals surface area contributed by atoms with Crippen LogP contribution in [0.2, 0.25) is 20.5 Å². The van der Waals surface area contributed by atoms with Crippen molar-refractivity contribution in [2.45, 2.75) is 118 Å². The van der Waals surface area contributed by atoms with Crippen LogP contribution in [0, 0.1) is 5.41 Å². The number of aromatic nitrogens is 4. The van der Waals surface area contributed by atoms with Crippen molar-refractivity contribution in [3.8, 4) is 0 Å². The molecule has 9 heteroatoms. The van der Waals surface area contributed by atoms with E-state index in [9.17, 15) is 0 Å². The zero-order valence-corrected chi connectivity index (χ0v) is 28.9. The van der Waals surface area contributed by atoms with Crippen LogP contribution in [-0.2, 0) is 25.5 Å². The highest BCUT2D eigenvalue weighted by molar-refractivity contribution is 6.54. The number of nitrogens with one attached hydrogen (secondary N) is 1. The highest BCUT2D eigenvalue weighted by Crippen LogP contribution is 2.52. The fraction of sp³-hybridized carbons (Fsp3) is 0.600. The molecule has 0 saturated carbocycles. The molecular formula is C35H53BN4O4. The molecule has 0 bridgehead atoms. The average molecular weight is 605 g/mol. The molecule has 240 valence electrons. The summed E-state index contributed by atoms with van der Waals surface area (Å²) in [6.45, 7) is 26.0. The number of pyridine rings is 2. The third-order valence-electron chi connectivity index (χ3n) is 9.34. The number of hydrogen-bond donors (Lipinski definition) is 1. The molecule has 0 amide bonds. The minimum atomic E-state index is -0.367. The summed E-state index contributed by atoms with van der Waals surface area (Å²) in [6, 6.07) is 8.21. The second-order valence-electron chi connectivity index (χ2n) is 14.8. The Kier molecular flexibility index (Phi) is 10.1. The molecule has 6 rings (SSSR count). The van der Waals surface area contributed by atoms with E-state index in [4.69, 9.17) is 18.9 Å². The molecule has 0 aromatic carbocycles. The Hall–Kier alpha value is -2.72. The Morgan fingerprint density at radius 3 is 2.05 bits per heavy atom. The van der Waals surface area contributed by atoms with E-state index < -0.39 is 0 Å². The van der Waals surface area contributed by atoms with Gasteiger partial charge in [0.15, 0.2) is 6.29 Å². The molecule has 8 nitrogen and oxygen atoms in total. The quantitative estimate of drug-likeness (QED) is 0.230. The number of ether oxygens (including phenoxy) is 4. The molecule has 0 aliphatic carbocycles. The number of methoxy groups -OCH3 is 1. The molecule has 0 spiro atoms. The first-order valence-electron chi connectivity index (χ1n) is 15.9. The lowest BCUT2D eigenvalue weighted by atomic mass is 9.58. The van der Waals surface area contributed by atoms with Crippen molar-refractivity contribution in [3.63, 3.8) is 0 Å². The Labute approximate surface area is 264 Å². The standard InChI is InChI=1S/C17H24N2O3.C15H20N2O.C3H9B/c1-16(2)17(3,4)22-15(21-16)13-6-8-18-14-12(13)7-9-19(14)10-11-20-5;1-14(2)9-12(18-15(14,3)4)10-5-7-16-13-11(10)6-8-17-13;1-4(2)3/h6-9,15H,10-11H2,1-5H3;5-8,12H,9H2,1-4H3,(H,16,17);1-3H3. The lowest BCUT2D eigenvalue weighted by Gasteiger charge is -2.32. The third kappa shape index (κ3) is 7.06. The average Bonchev–Trinajstić information content (AvgIpc) is 3.66. The van der Waals surface area contributed by atoms with Crippen molar-refractivity contribution >= 4 is 28.8 Å². The zero-order chi connectivity index (χ0) is 32.5. The molecular weight excluding hydrogens is 551 g/mol. The van der Waals surface area contributed by atoms with E-state index in [0.29, 0.717) is 6.61 Å². The summed E-state index contributed by atoms with van der Waals surface area (Å²) in [5.41, 5.74) is 3.56. The van der Waals surface area contributed by atoms with Crippen LogP contribution in [0.1, 0.15) is 85.3 Å². The Morgan fingerprint density at radius 2 is 1.45 bits per heavy atom. The minimum Gasteiger partial charge on any atom is -0.383 e. The van der Waals surface area contributed by atoms with Crippen LogP contribution in [0.3, 0.4) is 0 Å². The lowest BCUT2D eigenvalue weighted by Crippen LogP contribution is -2.41. The van der Waals surface area contributed by atoms with Gasteiger partial charge in [0.25, 0.3) is 0 Å². The van der Waals surface area contributed by atoms with Crippen LogP contribution in [0.5, 0.6) is 0 Å². The van der Waals surface area contributed by atoms with Gasteiger partial charge in [0.1, 0.15) is 18.0 Å². The van der Waals surface area contributed by atoms with E-state index >= 15 is 0 Å². The van der Waals surface area contributed by atoms with E-state index in [1.54, 1.807) is 7.11 Å². The van der Waals surface area contributed by atoms with Crippen molar-refractivity contribution in [3.05, 3.63) is 60.2 Å². The van der Waals surface area contributed by atoms with Gasteiger partial charge in [-0.3, -0.25) is 0 Å². The maximum absolute atomic E-state index is 6.29. The third-order valence-corrected chi connectivity index (χ3v) is 9.34. The first-order valence-corrected chi connectivity index (χ1v) is 15.9. The maximum atomic E-state index is 6.29. The van der Waals surface area contributed by atoms with Gasteiger partial charge in [0.05, 0.1) is 29.5 Å². The molecule has 2 aliphatic rings. The highest BCUT2D eigenvalue weighted by atomic mass is 16.7. The Bertz CT molecular complexity index is 1500. The number of fused-ring (bicyclic) bond motifs is 2. The van der Waals surface area contributed by atoms with Gasteiger partial charge in [-0.1, -0.05) is 34.3 Å². The maximum Gasteiger partial charge on any atom is 0.186 e.